The molecule has 1 aliphatic heterocycles. The molecular weight excluding hydrogens is 431 g/mol. The van der Waals surface area contributed by atoms with E-state index >= 15 is 0 Å². The van der Waals surface area contributed by atoms with Crippen molar-refractivity contribution in [1.82, 2.24) is 9.78 Å². The van der Waals surface area contributed by atoms with Gasteiger partial charge in [-0.05, 0) is 55.0 Å². The molecule has 1 amide bonds. The van der Waals surface area contributed by atoms with Crippen molar-refractivity contribution in [2.75, 3.05) is 21.9 Å². The molecule has 1 fully saturated rings. The van der Waals surface area contributed by atoms with E-state index in [0.29, 0.717) is 35.7 Å². The van der Waals surface area contributed by atoms with Crippen molar-refractivity contribution < 1.29 is 17.6 Å². The predicted molar refractivity (Wildman–Crippen MR) is 122 cm³/mol. The quantitative estimate of drug-likeness (QED) is 0.641. The lowest BCUT2D eigenvalue weighted by Crippen LogP contribution is -2.25. The summed E-state index contributed by atoms with van der Waals surface area (Å²) in [5, 5.41) is 7.49. The van der Waals surface area contributed by atoms with E-state index in [0.717, 1.165) is 5.69 Å². The van der Waals surface area contributed by atoms with Crippen molar-refractivity contribution in [3.05, 3.63) is 71.7 Å². The molecule has 0 bridgehead atoms. The Balaban J connectivity index is 1.61. The van der Waals surface area contributed by atoms with Crippen LogP contribution >= 0.6 is 0 Å². The van der Waals surface area contributed by atoms with Crippen LogP contribution in [0.4, 0.5) is 15.9 Å². The topological polar surface area (TPSA) is 84.3 Å². The fourth-order valence-electron chi connectivity index (χ4n) is 3.51. The minimum absolute atomic E-state index is 0.138. The number of hydrogen-bond donors (Lipinski definition) is 1. The molecule has 0 atom stereocenters. The molecule has 2 aromatic carbocycles. The van der Waals surface area contributed by atoms with Crippen molar-refractivity contribution in [2.24, 2.45) is 0 Å². The van der Waals surface area contributed by atoms with Crippen molar-refractivity contribution in [3.63, 3.8) is 0 Å². The summed E-state index contributed by atoms with van der Waals surface area (Å²) in [6, 6.07) is 14.1. The molecule has 0 spiro atoms. The first-order chi connectivity index (χ1) is 15.0. The number of carbonyl (C=O) groups excluding carboxylic acids is 1. The van der Waals surface area contributed by atoms with Crippen LogP contribution in [0.25, 0.3) is 5.69 Å². The first-order valence-corrected chi connectivity index (χ1v) is 11.9. The lowest BCUT2D eigenvalue weighted by atomic mass is 9.92. The average Bonchev–Trinajstić information content (AvgIpc) is 3.31. The lowest BCUT2D eigenvalue weighted by Gasteiger charge is -2.17. The molecule has 3 aromatic rings. The van der Waals surface area contributed by atoms with Crippen LogP contribution < -0.4 is 9.62 Å². The Morgan fingerprint density at radius 1 is 1.03 bits per heavy atom. The number of nitrogens with one attached hydrogen (secondary N) is 1. The molecule has 168 valence electrons. The molecule has 7 nitrogen and oxygen atoms in total. The lowest BCUT2D eigenvalue weighted by molar-refractivity contribution is 0.102. The predicted octanol–water partition coefficient (Wildman–Crippen LogP) is 4.10. The monoisotopic (exact) mass is 456 g/mol. The molecule has 9 heteroatoms. The van der Waals surface area contributed by atoms with Crippen LogP contribution in [0.15, 0.2) is 54.6 Å². The van der Waals surface area contributed by atoms with Crippen LogP contribution in [0.3, 0.4) is 0 Å². The normalized spacial score (nSPS) is 15.7. The number of halogens is 1. The van der Waals surface area contributed by atoms with Crippen LogP contribution in [0.1, 0.15) is 43.2 Å². The van der Waals surface area contributed by atoms with Crippen LogP contribution in [0, 0.1) is 5.82 Å². The Kier molecular flexibility index (Phi) is 5.54. The van der Waals surface area contributed by atoms with Gasteiger partial charge in [-0.15, -0.1) is 0 Å². The molecule has 0 aliphatic carbocycles. The summed E-state index contributed by atoms with van der Waals surface area (Å²) in [6.07, 6.45) is 0.591. The SMILES string of the molecule is CC(C)(C)c1cc(NC(=O)c2ccc(N3CCCS3(=O)=O)cc2)n(-c2ccc(F)cc2)n1. The number of carbonyl (C=O) groups is 1. The molecule has 1 aromatic heterocycles. The summed E-state index contributed by atoms with van der Waals surface area (Å²) in [5.74, 6) is -0.122. The van der Waals surface area contributed by atoms with E-state index in [-0.39, 0.29) is 22.9 Å². The summed E-state index contributed by atoms with van der Waals surface area (Å²) in [6.45, 7) is 6.49. The minimum atomic E-state index is -3.28. The van der Waals surface area contributed by atoms with Crippen molar-refractivity contribution in [1.29, 1.82) is 0 Å². The highest BCUT2D eigenvalue weighted by atomic mass is 32.2. The van der Waals surface area contributed by atoms with Crippen molar-refractivity contribution >= 4 is 27.4 Å². The number of rotatable bonds is 4. The van der Waals surface area contributed by atoms with Gasteiger partial charge < -0.3 is 5.32 Å². The molecule has 2 heterocycles. The largest absolute Gasteiger partial charge is 0.306 e. The van der Waals surface area contributed by atoms with Crippen LogP contribution in [0.2, 0.25) is 0 Å². The first kappa shape index (κ1) is 22.0. The smallest absolute Gasteiger partial charge is 0.256 e. The highest BCUT2D eigenvalue weighted by molar-refractivity contribution is 7.93. The summed E-state index contributed by atoms with van der Waals surface area (Å²) >= 11 is 0. The highest BCUT2D eigenvalue weighted by Crippen LogP contribution is 2.28. The Hall–Kier alpha value is -3.20. The third-order valence-corrected chi connectivity index (χ3v) is 7.18. The summed E-state index contributed by atoms with van der Waals surface area (Å²) in [5.41, 5.74) is 2.06. The van der Waals surface area contributed by atoms with Gasteiger partial charge >= 0.3 is 0 Å². The van der Waals surface area contributed by atoms with Crippen LogP contribution in [-0.4, -0.2) is 36.4 Å². The van der Waals surface area contributed by atoms with Crippen LogP contribution in [0.5, 0.6) is 0 Å². The van der Waals surface area contributed by atoms with Gasteiger partial charge in [0.25, 0.3) is 5.91 Å². The number of benzene rings is 2. The van der Waals surface area contributed by atoms with Gasteiger partial charge in [0.15, 0.2) is 0 Å². The Morgan fingerprint density at radius 2 is 1.66 bits per heavy atom. The molecule has 1 aliphatic rings. The van der Waals surface area contributed by atoms with E-state index in [4.69, 9.17) is 0 Å². The molecule has 1 saturated heterocycles. The zero-order chi connectivity index (χ0) is 23.1. The van der Waals surface area contributed by atoms with Gasteiger partial charge in [-0.1, -0.05) is 20.8 Å². The maximum Gasteiger partial charge on any atom is 0.256 e. The third-order valence-electron chi connectivity index (χ3n) is 5.31. The second-order valence-electron chi connectivity index (χ2n) is 8.80. The maximum atomic E-state index is 13.4. The van der Waals surface area contributed by atoms with Gasteiger partial charge in [-0.25, -0.2) is 17.5 Å². The molecule has 0 unspecified atom stereocenters. The van der Waals surface area contributed by atoms with Gasteiger partial charge in [-0.3, -0.25) is 9.10 Å². The Morgan fingerprint density at radius 3 is 2.22 bits per heavy atom. The number of amides is 1. The third kappa shape index (κ3) is 4.38. The zero-order valence-corrected chi connectivity index (χ0v) is 19.0. The first-order valence-electron chi connectivity index (χ1n) is 10.3. The molecule has 1 N–H and O–H groups in total. The van der Waals surface area contributed by atoms with E-state index in [9.17, 15) is 17.6 Å². The molecule has 4 rings (SSSR count). The highest BCUT2D eigenvalue weighted by Gasteiger charge is 2.28. The molecule has 0 saturated carbocycles. The standard InChI is InChI=1S/C23H25FN4O3S/c1-23(2,3)20-15-21(28(26-20)19-11-7-17(24)8-12-19)25-22(29)16-5-9-18(10-6-16)27-13-4-14-32(27,30)31/h5-12,15H,4,13-14H2,1-3H3,(H,25,29). The van der Waals surface area contributed by atoms with E-state index in [1.54, 1.807) is 47.1 Å². The molecule has 0 radical (unpaired) electrons. The van der Waals surface area contributed by atoms with E-state index in [2.05, 4.69) is 10.4 Å². The van der Waals surface area contributed by atoms with Crippen LogP contribution in [-0.2, 0) is 15.4 Å². The number of anilines is 2. The number of nitrogens with zero attached hydrogens (tertiary/aromatic N) is 3. The Bertz CT molecular complexity index is 1240. The van der Waals surface area contributed by atoms with Crippen molar-refractivity contribution in [2.45, 2.75) is 32.6 Å². The fraction of sp³-hybridized carbons (Fsp3) is 0.304. The van der Waals surface area contributed by atoms with Gasteiger partial charge in [-0.2, -0.15) is 5.10 Å². The summed E-state index contributed by atoms with van der Waals surface area (Å²) < 4.78 is 40.5. The zero-order valence-electron chi connectivity index (χ0n) is 18.2. The van der Waals surface area contributed by atoms with Gasteiger partial charge in [0.2, 0.25) is 10.0 Å². The average molecular weight is 457 g/mol. The molecular formula is C23H25FN4O3S. The second kappa shape index (κ2) is 8.05. The summed E-state index contributed by atoms with van der Waals surface area (Å²) in [7, 11) is -3.28. The summed E-state index contributed by atoms with van der Waals surface area (Å²) in [4.78, 5) is 12.9. The number of hydrogen-bond acceptors (Lipinski definition) is 4. The maximum absolute atomic E-state index is 13.4. The number of sulfonamides is 1. The molecule has 32 heavy (non-hydrogen) atoms. The van der Waals surface area contributed by atoms with Crippen molar-refractivity contribution in [3.8, 4) is 5.69 Å². The van der Waals surface area contributed by atoms with E-state index < -0.39 is 10.0 Å². The number of aromatic nitrogens is 2. The van der Waals surface area contributed by atoms with Gasteiger partial charge in [0.05, 0.1) is 22.8 Å². The fourth-order valence-corrected chi connectivity index (χ4v) is 5.08. The second-order valence-corrected chi connectivity index (χ2v) is 10.8. The minimum Gasteiger partial charge on any atom is -0.306 e. The van der Waals surface area contributed by atoms with E-state index in [1.165, 1.54) is 16.4 Å². The van der Waals surface area contributed by atoms with Gasteiger partial charge in [0, 0.05) is 23.6 Å². The Labute approximate surface area is 186 Å². The van der Waals surface area contributed by atoms with E-state index in [1.807, 2.05) is 20.8 Å². The van der Waals surface area contributed by atoms with Gasteiger partial charge in [0.1, 0.15) is 11.6 Å².